The van der Waals surface area contributed by atoms with Gasteiger partial charge in [-0.2, -0.15) is 5.10 Å². The number of morpholine rings is 1. The molecular formula is C9H14N4O2. The van der Waals surface area contributed by atoms with Crippen LogP contribution in [0.25, 0.3) is 0 Å². The van der Waals surface area contributed by atoms with Crippen LogP contribution in [0.2, 0.25) is 0 Å². The molecule has 0 unspecified atom stereocenters. The van der Waals surface area contributed by atoms with E-state index < -0.39 is 0 Å². The zero-order valence-corrected chi connectivity index (χ0v) is 8.67. The number of amides is 1. The van der Waals surface area contributed by atoms with Gasteiger partial charge in [0.15, 0.2) is 0 Å². The molecule has 0 radical (unpaired) electrons. The SMILES string of the molecule is C[C@H](C(=O)N1CCOCC1)n1cncn1. The van der Waals surface area contributed by atoms with Gasteiger partial charge in [0.05, 0.1) is 13.2 Å². The molecule has 0 aromatic carbocycles. The normalized spacial score (nSPS) is 18.9. The van der Waals surface area contributed by atoms with Crippen LogP contribution >= 0.6 is 0 Å². The van der Waals surface area contributed by atoms with Gasteiger partial charge in [-0.25, -0.2) is 9.67 Å². The standard InChI is InChI=1S/C9H14N4O2/c1-8(13-7-10-6-11-13)9(14)12-2-4-15-5-3-12/h6-8H,2-5H2,1H3/t8-/m1/s1. The van der Waals surface area contributed by atoms with Crippen molar-refractivity contribution in [2.24, 2.45) is 0 Å². The first kappa shape index (κ1) is 10.1. The topological polar surface area (TPSA) is 60.2 Å². The van der Waals surface area contributed by atoms with Gasteiger partial charge < -0.3 is 9.64 Å². The van der Waals surface area contributed by atoms with Crippen molar-refractivity contribution in [1.29, 1.82) is 0 Å². The second-order valence-electron chi connectivity index (χ2n) is 3.49. The number of carbonyl (C=O) groups excluding carboxylic acids is 1. The van der Waals surface area contributed by atoms with Gasteiger partial charge in [0.2, 0.25) is 5.91 Å². The molecule has 1 aliphatic heterocycles. The molecule has 1 amide bonds. The Bertz CT molecular complexity index is 319. The van der Waals surface area contributed by atoms with E-state index in [2.05, 4.69) is 10.1 Å². The minimum absolute atomic E-state index is 0.0730. The molecule has 1 aromatic heterocycles. The molecule has 1 saturated heterocycles. The molecule has 15 heavy (non-hydrogen) atoms. The summed E-state index contributed by atoms with van der Waals surface area (Å²) in [4.78, 5) is 17.6. The lowest BCUT2D eigenvalue weighted by Crippen LogP contribution is -2.43. The first-order valence-electron chi connectivity index (χ1n) is 4.99. The summed E-state index contributed by atoms with van der Waals surface area (Å²) in [6.07, 6.45) is 2.99. The van der Waals surface area contributed by atoms with Gasteiger partial charge >= 0.3 is 0 Å². The Morgan fingerprint density at radius 3 is 2.80 bits per heavy atom. The van der Waals surface area contributed by atoms with Crippen molar-refractivity contribution in [2.45, 2.75) is 13.0 Å². The summed E-state index contributed by atoms with van der Waals surface area (Å²) in [6.45, 7) is 4.40. The molecule has 2 heterocycles. The molecule has 1 aromatic rings. The van der Waals surface area contributed by atoms with E-state index in [1.54, 1.807) is 15.9 Å². The highest BCUT2D eigenvalue weighted by atomic mass is 16.5. The zero-order chi connectivity index (χ0) is 10.7. The summed E-state index contributed by atoms with van der Waals surface area (Å²) >= 11 is 0. The fourth-order valence-electron chi connectivity index (χ4n) is 1.58. The third-order valence-corrected chi connectivity index (χ3v) is 2.51. The monoisotopic (exact) mass is 210 g/mol. The third-order valence-electron chi connectivity index (χ3n) is 2.51. The number of ether oxygens (including phenoxy) is 1. The third kappa shape index (κ3) is 2.15. The fraction of sp³-hybridized carbons (Fsp3) is 0.667. The molecule has 2 rings (SSSR count). The Labute approximate surface area is 87.8 Å². The molecule has 0 spiro atoms. The Morgan fingerprint density at radius 1 is 1.47 bits per heavy atom. The number of nitrogens with zero attached hydrogens (tertiary/aromatic N) is 4. The van der Waals surface area contributed by atoms with Crippen molar-refractivity contribution in [3.05, 3.63) is 12.7 Å². The Hall–Kier alpha value is -1.43. The van der Waals surface area contributed by atoms with E-state index in [0.29, 0.717) is 26.3 Å². The molecule has 82 valence electrons. The number of aromatic nitrogens is 3. The Balaban J connectivity index is 2.00. The second kappa shape index (κ2) is 4.39. The minimum Gasteiger partial charge on any atom is -0.378 e. The maximum absolute atomic E-state index is 12.0. The number of hydrogen-bond acceptors (Lipinski definition) is 4. The summed E-state index contributed by atoms with van der Waals surface area (Å²) in [5.41, 5.74) is 0. The maximum Gasteiger partial charge on any atom is 0.247 e. The summed E-state index contributed by atoms with van der Waals surface area (Å²) in [7, 11) is 0. The van der Waals surface area contributed by atoms with Crippen molar-refractivity contribution < 1.29 is 9.53 Å². The van der Waals surface area contributed by atoms with Gasteiger partial charge in [-0.15, -0.1) is 0 Å². The van der Waals surface area contributed by atoms with Crippen LogP contribution in [0.1, 0.15) is 13.0 Å². The van der Waals surface area contributed by atoms with Crippen LogP contribution < -0.4 is 0 Å². The smallest absolute Gasteiger partial charge is 0.247 e. The lowest BCUT2D eigenvalue weighted by atomic mass is 10.2. The van der Waals surface area contributed by atoms with E-state index in [1.807, 2.05) is 6.92 Å². The van der Waals surface area contributed by atoms with E-state index >= 15 is 0 Å². The van der Waals surface area contributed by atoms with Crippen molar-refractivity contribution in [3.8, 4) is 0 Å². The molecular weight excluding hydrogens is 196 g/mol. The van der Waals surface area contributed by atoms with E-state index in [9.17, 15) is 4.79 Å². The van der Waals surface area contributed by atoms with Crippen molar-refractivity contribution >= 4 is 5.91 Å². The predicted octanol–water partition coefficient (Wildman–Crippen LogP) is -0.302. The highest BCUT2D eigenvalue weighted by Gasteiger charge is 2.23. The van der Waals surface area contributed by atoms with E-state index in [0.717, 1.165) is 0 Å². The quantitative estimate of drug-likeness (QED) is 0.672. The predicted molar refractivity (Wildman–Crippen MR) is 52.1 cm³/mol. The molecule has 0 bridgehead atoms. The van der Waals surface area contributed by atoms with Crippen LogP contribution in [0.3, 0.4) is 0 Å². The zero-order valence-electron chi connectivity index (χ0n) is 8.67. The molecule has 6 heteroatoms. The van der Waals surface area contributed by atoms with Gasteiger partial charge in [0.1, 0.15) is 18.7 Å². The van der Waals surface area contributed by atoms with Crippen LogP contribution in [-0.2, 0) is 9.53 Å². The maximum atomic E-state index is 12.0. The average Bonchev–Trinajstić information content (AvgIpc) is 2.82. The first-order chi connectivity index (χ1) is 7.29. The second-order valence-corrected chi connectivity index (χ2v) is 3.49. The van der Waals surface area contributed by atoms with Crippen LogP contribution in [0.15, 0.2) is 12.7 Å². The van der Waals surface area contributed by atoms with Crippen LogP contribution in [0.4, 0.5) is 0 Å². The van der Waals surface area contributed by atoms with E-state index in [-0.39, 0.29) is 11.9 Å². The Morgan fingerprint density at radius 2 is 2.20 bits per heavy atom. The molecule has 1 fully saturated rings. The summed E-state index contributed by atoms with van der Waals surface area (Å²) in [5, 5.41) is 3.96. The Kier molecular flexibility index (Phi) is 2.96. The van der Waals surface area contributed by atoms with Gasteiger partial charge in [0.25, 0.3) is 0 Å². The molecule has 0 saturated carbocycles. The highest BCUT2D eigenvalue weighted by molar-refractivity contribution is 5.80. The van der Waals surface area contributed by atoms with Crippen molar-refractivity contribution in [3.63, 3.8) is 0 Å². The highest BCUT2D eigenvalue weighted by Crippen LogP contribution is 2.09. The lowest BCUT2D eigenvalue weighted by molar-refractivity contribution is -0.138. The van der Waals surface area contributed by atoms with Gasteiger partial charge in [0, 0.05) is 13.1 Å². The van der Waals surface area contributed by atoms with Gasteiger partial charge in [-0.3, -0.25) is 4.79 Å². The summed E-state index contributed by atoms with van der Waals surface area (Å²) in [5.74, 6) is 0.0730. The summed E-state index contributed by atoms with van der Waals surface area (Å²) in [6, 6.07) is -0.286. The lowest BCUT2D eigenvalue weighted by Gasteiger charge is -2.29. The van der Waals surface area contributed by atoms with E-state index in [1.165, 1.54) is 6.33 Å². The van der Waals surface area contributed by atoms with Crippen LogP contribution in [-0.4, -0.2) is 51.9 Å². The van der Waals surface area contributed by atoms with Crippen LogP contribution in [0, 0.1) is 0 Å². The molecule has 0 aliphatic carbocycles. The number of rotatable bonds is 2. The van der Waals surface area contributed by atoms with Gasteiger partial charge in [-0.05, 0) is 6.92 Å². The van der Waals surface area contributed by atoms with Crippen LogP contribution in [0.5, 0.6) is 0 Å². The molecule has 1 aliphatic rings. The molecule has 6 nitrogen and oxygen atoms in total. The van der Waals surface area contributed by atoms with Crippen molar-refractivity contribution in [2.75, 3.05) is 26.3 Å². The average molecular weight is 210 g/mol. The fourth-order valence-corrected chi connectivity index (χ4v) is 1.58. The summed E-state index contributed by atoms with van der Waals surface area (Å²) < 4.78 is 6.76. The van der Waals surface area contributed by atoms with Crippen molar-refractivity contribution in [1.82, 2.24) is 19.7 Å². The number of hydrogen-bond donors (Lipinski definition) is 0. The minimum atomic E-state index is -0.286. The molecule has 0 N–H and O–H groups in total. The molecule has 1 atom stereocenters. The number of carbonyl (C=O) groups is 1. The largest absolute Gasteiger partial charge is 0.378 e. The van der Waals surface area contributed by atoms with Gasteiger partial charge in [-0.1, -0.05) is 0 Å². The van der Waals surface area contributed by atoms with E-state index in [4.69, 9.17) is 4.74 Å². The first-order valence-corrected chi connectivity index (χ1v) is 4.99.